The van der Waals surface area contributed by atoms with Crippen LogP contribution in [-0.2, 0) is 4.74 Å². The van der Waals surface area contributed by atoms with Crippen LogP contribution in [0.15, 0.2) is 24.3 Å². The normalized spacial score (nSPS) is 14.2. The fourth-order valence-electron chi connectivity index (χ4n) is 1.80. The van der Waals surface area contributed by atoms with Crippen LogP contribution in [0.2, 0.25) is 0 Å². The molecule has 0 spiro atoms. The van der Waals surface area contributed by atoms with E-state index in [9.17, 15) is 0 Å². The molecule has 0 aliphatic heterocycles. The van der Waals surface area contributed by atoms with Gasteiger partial charge in [-0.1, -0.05) is 25.1 Å². The minimum absolute atomic E-state index is 0.0104. The molecule has 1 rings (SSSR count). The molecule has 1 aromatic carbocycles. The van der Waals surface area contributed by atoms with Crippen molar-refractivity contribution in [2.75, 3.05) is 32.3 Å². The number of methoxy groups -OCH3 is 1. The molecule has 4 heteroatoms. The van der Waals surface area contributed by atoms with Gasteiger partial charge in [0.25, 0.3) is 0 Å². The Morgan fingerprint density at radius 2 is 2.00 bits per heavy atom. The second kappa shape index (κ2) is 8.40. The molecule has 0 saturated heterocycles. The maximum Gasteiger partial charge on any atom is 0.124 e. The lowest BCUT2D eigenvalue weighted by Gasteiger charge is -2.22. The summed E-state index contributed by atoms with van der Waals surface area (Å²) in [5, 5.41) is 0. The van der Waals surface area contributed by atoms with Gasteiger partial charge in [-0.25, -0.2) is 0 Å². The summed E-state index contributed by atoms with van der Waals surface area (Å²) in [5.41, 5.74) is 7.38. The molecular formula is C14H23NO2S. The number of benzene rings is 1. The van der Waals surface area contributed by atoms with Gasteiger partial charge in [-0.2, -0.15) is 11.8 Å². The average molecular weight is 269 g/mol. The van der Waals surface area contributed by atoms with E-state index in [0.29, 0.717) is 19.1 Å². The van der Waals surface area contributed by atoms with Crippen LogP contribution in [0, 0.1) is 5.92 Å². The molecule has 0 radical (unpaired) electrons. The topological polar surface area (TPSA) is 44.5 Å². The van der Waals surface area contributed by atoms with Gasteiger partial charge in [-0.3, -0.25) is 0 Å². The summed E-state index contributed by atoms with van der Waals surface area (Å²) in [6.07, 6.45) is 2.10. The molecule has 0 saturated carbocycles. The van der Waals surface area contributed by atoms with Gasteiger partial charge in [0, 0.05) is 18.7 Å². The second-order valence-corrected chi connectivity index (χ2v) is 5.25. The Kier molecular flexibility index (Phi) is 7.16. The van der Waals surface area contributed by atoms with E-state index in [1.807, 2.05) is 36.0 Å². The van der Waals surface area contributed by atoms with Crippen molar-refractivity contribution in [3.8, 4) is 5.75 Å². The monoisotopic (exact) mass is 269 g/mol. The summed E-state index contributed by atoms with van der Waals surface area (Å²) in [6.45, 7) is 3.31. The zero-order chi connectivity index (χ0) is 13.4. The van der Waals surface area contributed by atoms with Crippen molar-refractivity contribution in [1.82, 2.24) is 0 Å². The number of nitrogens with two attached hydrogens (primary N) is 1. The smallest absolute Gasteiger partial charge is 0.124 e. The summed E-state index contributed by atoms with van der Waals surface area (Å²) < 4.78 is 10.7. The predicted octanol–water partition coefficient (Wildman–Crippen LogP) is 2.71. The van der Waals surface area contributed by atoms with Crippen molar-refractivity contribution < 1.29 is 9.47 Å². The van der Waals surface area contributed by atoms with Crippen molar-refractivity contribution in [3.05, 3.63) is 29.8 Å². The molecule has 0 heterocycles. The van der Waals surface area contributed by atoms with E-state index in [2.05, 4.69) is 13.2 Å². The minimum Gasteiger partial charge on any atom is -0.491 e. The Balaban J connectivity index is 2.73. The molecule has 0 aliphatic carbocycles. The Labute approximate surface area is 114 Å². The summed E-state index contributed by atoms with van der Waals surface area (Å²) in [5.74, 6) is 2.34. The van der Waals surface area contributed by atoms with Gasteiger partial charge in [-0.05, 0) is 24.0 Å². The number of ether oxygens (including phenoxy) is 2. The SMILES string of the molecule is COCCOc1ccccc1C(N)C(C)CSC. The lowest BCUT2D eigenvalue weighted by molar-refractivity contribution is 0.145. The van der Waals surface area contributed by atoms with Crippen LogP contribution in [0.5, 0.6) is 5.75 Å². The van der Waals surface area contributed by atoms with Crippen LogP contribution < -0.4 is 10.5 Å². The van der Waals surface area contributed by atoms with Crippen LogP contribution in [0.3, 0.4) is 0 Å². The Morgan fingerprint density at radius 1 is 1.28 bits per heavy atom. The molecule has 102 valence electrons. The third-order valence-electron chi connectivity index (χ3n) is 2.87. The standard InChI is InChI=1S/C14H23NO2S/c1-11(10-18-3)14(15)12-6-4-5-7-13(12)17-9-8-16-2/h4-7,11,14H,8-10,15H2,1-3H3. The van der Waals surface area contributed by atoms with Crippen molar-refractivity contribution in [2.24, 2.45) is 11.7 Å². The Hall–Kier alpha value is -0.710. The Bertz CT molecular complexity index is 346. The molecule has 2 atom stereocenters. The van der Waals surface area contributed by atoms with E-state index >= 15 is 0 Å². The maximum absolute atomic E-state index is 6.31. The first-order valence-corrected chi connectivity index (χ1v) is 7.55. The highest BCUT2D eigenvalue weighted by molar-refractivity contribution is 7.98. The summed E-state index contributed by atoms with van der Waals surface area (Å²) in [6, 6.07) is 8.00. The number of hydrogen-bond acceptors (Lipinski definition) is 4. The van der Waals surface area contributed by atoms with Crippen molar-refractivity contribution >= 4 is 11.8 Å². The quantitative estimate of drug-likeness (QED) is 0.737. The number of thioether (sulfide) groups is 1. The third-order valence-corrected chi connectivity index (χ3v) is 3.72. The van der Waals surface area contributed by atoms with Gasteiger partial charge in [0.1, 0.15) is 12.4 Å². The van der Waals surface area contributed by atoms with E-state index in [1.165, 1.54) is 0 Å². The van der Waals surface area contributed by atoms with E-state index < -0.39 is 0 Å². The first kappa shape index (κ1) is 15.3. The second-order valence-electron chi connectivity index (χ2n) is 4.34. The molecule has 0 aromatic heterocycles. The van der Waals surface area contributed by atoms with E-state index in [1.54, 1.807) is 7.11 Å². The van der Waals surface area contributed by atoms with Gasteiger partial charge < -0.3 is 15.2 Å². The van der Waals surface area contributed by atoms with E-state index in [4.69, 9.17) is 15.2 Å². The first-order chi connectivity index (χ1) is 8.70. The van der Waals surface area contributed by atoms with Gasteiger partial charge in [0.05, 0.1) is 6.61 Å². The largest absolute Gasteiger partial charge is 0.491 e. The molecule has 2 N–H and O–H groups in total. The molecule has 0 bridgehead atoms. The van der Waals surface area contributed by atoms with Crippen LogP contribution in [-0.4, -0.2) is 32.3 Å². The highest BCUT2D eigenvalue weighted by atomic mass is 32.2. The highest BCUT2D eigenvalue weighted by Crippen LogP contribution is 2.29. The Morgan fingerprint density at radius 3 is 2.67 bits per heavy atom. The van der Waals surface area contributed by atoms with Crippen LogP contribution in [0.4, 0.5) is 0 Å². The lowest BCUT2D eigenvalue weighted by atomic mass is 9.96. The molecule has 0 aliphatic rings. The van der Waals surface area contributed by atoms with Crippen molar-refractivity contribution in [1.29, 1.82) is 0 Å². The number of rotatable bonds is 8. The van der Waals surface area contributed by atoms with E-state index in [-0.39, 0.29) is 6.04 Å². The molecular weight excluding hydrogens is 246 g/mol. The summed E-state index contributed by atoms with van der Waals surface area (Å²) in [4.78, 5) is 0. The van der Waals surface area contributed by atoms with Gasteiger partial charge in [0.2, 0.25) is 0 Å². The van der Waals surface area contributed by atoms with Crippen molar-refractivity contribution in [2.45, 2.75) is 13.0 Å². The highest BCUT2D eigenvalue weighted by Gasteiger charge is 2.18. The molecule has 0 amide bonds. The van der Waals surface area contributed by atoms with Crippen LogP contribution >= 0.6 is 11.8 Å². The van der Waals surface area contributed by atoms with E-state index in [0.717, 1.165) is 17.1 Å². The zero-order valence-corrected chi connectivity index (χ0v) is 12.2. The molecule has 18 heavy (non-hydrogen) atoms. The van der Waals surface area contributed by atoms with Crippen molar-refractivity contribution in [3.63, 3.8) is 0 Å². The zero-order valence-electron chi connectivity index (χ0n) is 11.4. The van der Waals surface area contributed by atoms with Gasteiger partial charge in [-0.15, -0.1) is 0 Å². The predicted molar refractivity (Wildman–Crippen MR) is 78.3 cm³/mol. The van der Waals surface area contributed by atoms with Gasteiger partial charge in [0.15, 0.2) is 0 Å². The molecule has 1 aromatic rings. The minimum atomic E-state index is 0.0104. The molecule has 3 nitrogen and oxygen atoms in total. The first-order valence-electron chi connectivity index (χ1n) is 6.15. The fourth-order valence-corrected chi connectivity index (χ4v) is 2.53. The lowest BCUT2D eigenvalue weighted by Crippen LogP contribution is -2.22. The number of hydrogen-bond donors (Lipinski definition) is 1. The summed E-state index contributed by atoms with van der Waals surface area (Å²) in [7, 11) is 1.67. The summed E-state index contributed by atoms with van der Waals surface area (Å²) >= 11 is 1.82. The third kappa shape index (κ3) is 4.52. The van der Waals surface area contributed by atoms with Gasteiger partial charge >= 0.3 is 0 Å². The molecule has 0 fully saturated rings. The average Bonchev–Trinajstić information content (AvgIpc) is 2.39. The van der Waals surface area contributed by atoms with Crippen LogP contribution in [0.25, 0.3) is 0 Å². The maximum atomic E-state index is 6.31. The molecule has 2 unspecified atom stereocenters. The van der Waals surface area contributed by atoms with Crippen LogP contribution in [0.1, 0.15) is 18.5 Å². The fraction of sp³-hybridized carbons (Fsp3) is 0.571. The number of para-hydroxylation sites is 1.